The molecule has 1 aromatic rings. The molecule has 1 unspecified atom stereocenters. The first-order valence-corrected chi connectivity index (χ1v) is 7.25. The third kappa shape index (κ3) is 2.49. The lowest BCUT2D eigenvalue weighted by atomic mass is 10.2. The average molecular weight is 258 g/mol. The van der Waals surface area contributed by atoms with E-state index in [-0.39, 0.29) is 29.1 Å². The molecule has 1 saturated heterocycles. The van der Waals surface area contributed by atoms with E-state index in [9.17, 15) is 13.2 Å². The Balaban J connectivity index is 2.15. The van der Waals surface area contributed by atoms with Gasteiger partial charge in [-0.25, -0.2) is 13.4 Å². The van der Waals surface area contributed by atoms with Crippen LogP contribution in [0.25, 0.3) is 0 Å². The van der Waals surface area contributed by atoms with Crippen LogP contribution in [0.1, 0.15) is 23.8 Å². The first-order valence-electron chi connectivity index (χ1n) is 5.43. The van der Waals surface area contributed by atoms with Crippen LogP contribution in [0.3, 0.4) is 0 Å². The van der Waals surface area contributed by atoms with Crippen molar-refractivity contribution in [3.63, 3.8) is 0 Å². The van der Waals surface area contributed by atoms with Gasteiger partial charge in [0, 0.05) is 12.6 Å². The van der Waals surface area contributed by atoms with Crippen molar-refractivity contribution in [2.75, 3.05) is 18.1 Å². The normalized spacial score (nSPS) is 22.5. The molecule has 1 aliphatic rings. The van der Waals surface area contributed by atoms with Crippen LogP contribution in [0.2, 0.25) is 0 Å². The number of rotatable bonds is 3. The summed E-state index contributed by atoms with van der Waals surface area (Å²) in [7, 11) is -2.99. The summed E-state index contributed by atoms with van der Waals surface area (Å²) in [6.45, 7) is 2.29. The van der Waals surface area contributed by atoms with Crippen LogP contribution in [0.4, 0.5) is 0 Å². The Kier molecular flexibility index (Phi) is 3.19. The summed E-state index contributed by atoms with van der Waals surface area (Å²) in [5.74, 6) is -0.0756. The minimum absolute atomic E-state index is 0.0461. The Morgan fingerprint density at radius 3 is 2.88 bits per heavy atom. The van der Waals surface area contributed by atoms with Crippen molar-refractivity contribution in [2.24, 2.45) is 0 Å². The van der Waals surface area contributed by atoms with Crippen molar-refractivity contribution >= 4 is 15.7 Å². The highest BCUT2D eigenvalue weighted by Crippen LogP contribution is 2.19. The zero-order chi connectivity index (χ0) is 12.5. The van der Waals surface area contributed by atoms with Crippen molar-refractivity contribution in [3.8, 4) is 0 Å². The molecule has 0 radical (unpaired) electrons. The molecule has 7 heteroatoms. The Hall–Kier alpha value is -1.37. The lowest BCUT2D eigenvalue weighted by molar-refractivity contribution is 0.0702. The van der Waals surface area contributed by atoms with Crippen LogP contribution in [0.5, 0.6) is 0 Å². The first-order chi connectivity index (χ1) is 8.03. The third-order valence-electron chi connectivity index (χ3n) is 2.90. The Labute approximate surface area is 99.5 Å². The number of nitrogens with zero attached hydrogens (tertiary/aromatic N) is 2. The molecule has 1 aromatic heterocycles. The minimum atomic E-state index is -2.99. The van der Waals surface area contributed by atoms with E-state index in [1.54, 1.807) is 4.90 Å². The largest absolute Gasteiger partial charge is 0.451 e. The minimum Gasteiger partial charge on any atom is -0.451 e. The van der Waals surface area contributed by atoms with Crippen LogP contribution in [0.15, 0.2) is 17.1 Å². The van der Waals surface area contributed by atoms with Gasteiger partial charge in [0.05, 0.1) is 11.5 Å². The number of carbonyl (C=O) groups excluding carboxylic acids is 1. The van der Waals surface area contributed by atoms with Gasteiger partial charge in [-0.1, -0.05) is 0 Å². The quantitative estimate of drug-likeness (QED) is 0.780. The van der Waals surface area contributed by atoms with Gasteiger partial charge in [0.15, 0.2) is 21.9 Å². The smallest absolute Gasteiger partial charge is 0.276 e. The summed E-state index contributed by atoms with van der Waals surface area (Å²) in [6.07, 6.45) is 2.96. The molecule has 0 aromatic carbocycles. The van der Waals surface area contributed by atoms with Crippen molar-refractivity contribution in [3.05, 3.63) is 18.4 Å². The van der Waals surface area contributed by atoms with Gasteiger partial charge in [-0.3, -0.25) is 4.79 Å². The highest BCUT2D eigenvalue weighted by molar-refractivity contribution is 7.91. The number of amides is 1. The van der Waals surface area contributed by atoms with E-state index in [2.05, 4.69) is 4.98 Å². The molecule has 1 atom stereocenters. The lowest BCUT2D eigenvalue weighted by Gasteiger charge is -2.25. The van der Waals surface area contributed by atoms with Crippen molar-refractivity contribution in [1.82, 2.24) is 9.88 Å². The second-order valence-corrected chi connectivity index (χ2v) is 6.25. The van der Waals surface area contributed by atoms with Gasteiger partial charge in [-0.2, -0.15) is 0 Å². The molecule has 0 bridgehead atoms. The maximum Gasteiger partial charge on any atom is 0.276 e. The highest BCUT2D eigenvalue weighted by Gasteiger charge is 2.34. The zero-order valence-electron chi connectivity index (χ0n) is 9.50. The molecule has 17 heavy (non-hydrogen) atoms. The lowest BCUT2D eigenvalue weighted by Crippen LogP contribution is -2.41. The maximum atomic E-state index is 12.0. The maximum absolute atomic E-state index is 12.0. The average Bonchev–Trinajstić information content (AvgIpc) is 2.88. The molecule has 2 heterocycles. The fourth-order valence-electron chi connectivity index (χ4n) is 2.05. The van der Waals surface area contributed by atoms with Crippen molar-refractivity contribution in [1.29, 1.82) is 0 Å². The summed E-state index contributed by atoms with van der Waals surface area (Å²) in [4.78, 5) is 17.4. The van der Waals surface area contributed by atoms with Crippen LogP contribution >= 0.6 is 0 Å². The van der Waals surface area contributed by atoms with Crippen molar-refractivity contribution < 1.29 is 17.6 Å². The SMILES string of the molecule is CCN(C(=O)c1cocn1)C1CCS(=O)(=O)C1. The van der Waals surface area contributed by atoms with E-state index < -0.39 is 9.84 Å². The molecular weight excluding hydrogens is 244 g/mol. The first kappa shape index (κ1) is 12.1. The van der Waals surface area contributed by atoms with Crippen LogP contribution in [-0.4, -0.2) is 48.3 Å². The van der Waals surface area contributed by atoms with Gasteiger partial charge in [-0.15, -0.1) is 0 Å². The summed E-state index contributed by atoms with van der Waals surface area (Å²) in [6, 6.07) is -0.241. The zero-order valence-corrected chi connectivity index (χ0v) is 10.3. The van der Waals surface area contributed by atoms with Gasteiger partial charge in [0.1, 0.15) is 6.26 Å². The predicted molar refractivity (Wildman–Crippen MR) is 60.3 cm³/mol. The van der Waals surface area contributed by atoms with Gasteiger partial charge >= 0.3 is 0 Å². The molecule has 94 valence electrons. The summed E-state index contributed by atoms with van der Waals surface area (Å²) in [5.41, 5.74) is 0.219. The number of carbonyl (C=O) groups is 1. The van der Waals surface area contributed by atoms with Gasteiger partial charge in [0.2, 0.25) is 0 Å². The van der Waals surface area contributed by atoms with Gasteiger partial charge in [-0.05, 0) is 13.3 Å². The standard InChI is InChI=1S/C10H14N2O4S/c1-2-12(8-3-4-17(14,15)6-8)10(13)9-5-16-7-11-9/h5,7-8H,2-4,6H2,1H3. The molecule has 1 aliphatic heterocycles. The van der Waals surface area contributed by atoms with Crippen LogP contribution < -0.4 is 0 Å². The van der Waals surface area contributed by atoms with E-state index in [0.29, 0.717) is 13.0 Å². The molecule has 1 fully saturated rings. The summed E-state index contributed by atoms with van der Waals surface area (Å²) in [5, 5.41) is 0. The number of aromatic nitrogens is 1. The number of sulfone groups is 1. The molecule has 2 rings (SSSR count). The molecular formula is C10H14N2O4S. The molecule has 0 spiro atoms. The fraction of sp³-hybridized carbons (Fsp3) is 0.600. The van der Waals surface area contributed by atoms with Crippen molar-refractivity contribution in [2.45, 2.75) is 19.4 Å². The van der Waals surface area contributed by atoms with E-state index in [0.717, 1.165) is 0 Å². The Bertz CT molecular complexity index is 494. The second kappa shape index (κ2) is 4.48. The third-order valence-corrected chi connectivity index (χ3v) is 4.65. The second-order valence-electron chi connectivity index (χ2n) is 4.02. The van der Waals surface area contributed by atoms with E-state index >= 15 is 0 Å². The molecule has 1 amide bonds. The number of oxazole rings is 1. The number of hydrogen-bond acceptors (Lipinski definition) is 5. The van der Waals surface area contributed by atoms with Crippen LogP contribution in [0, 0.1) is 0 Å². The number of hydrogen-bond donors (Lipinski definition) is 0. The Morgan fingerprint density at radius 1 is 1.65 bits per heavy atom. The van der Waals surface area contributed by atoms with Gasteiger partial charge in [0.25, 0.3) is 5.91 Å². The predicted octanol–water partition coefficient (Wildman–Crippen LogP) is 0.324. The highest BCUT2D eigenvalue weighted by atomic mass is 32.2. The molecule has 0 N–H and O–H groups in total. The molecule has 0 saturated carbocycles. The Morgan fingerprint density at radius 2 is 2.41 bits per heavy atom. The molecule has 0 aliphatic carbocycles. The topological polar surface area (TPSA) is 80.5 Å². The van der Waals surface area contributed by atoms with Gasteiger partial charge < -0.3 is 9.32 Å². The van der Waals surface area contributed by atoms with E-state index in [1.165, 1.54) is 12.7 Å². The van der Waals surface area contributed by atoms with Crippen LogP contribution in [-0.2, 0) is 9.84 Å². The van der Waals surface area contributed by atoms with E-state index in [1.807, 2.05) is 6.92 Å². The summed E-state index contributed by atoms with van der Waals surface area (Å²) >= 11 is 0. The monoisotopic (exact) mass is 258 g/mol. The summed E-state index contributed by atoms with van der Waals surface area (Å²) < 4.78 is 27.6. The van der Waals surface area contributed by atoms with E-state index in [4.69, 9.17) is 4.42 Å². The fourth-order valence-corrected chi connectivity index (χ4v) is 3.78. The molecule has 6 nitrogen and oxygen atoms in total.